The Hall–Kier alpha value is -3.60. The van der Waals surface area contributed by atoms with Gasteiger partial charge in [-0.3, -0.25) is 4.79 Å². The lowest BCUT2D eigenvalue weighted by Gasteiger charge is -2.12. The Bertz CT molecular complexity index is 1290. The number of rotatable bonds is 5. The van der Waals surface area contributed by atoms with Crippen LogP contribution in [0, 0.1) is 27.7 Å². The van der Waals surface area contributed by atoms with Gasteiger partial charge < -0.3 is 14.5 Å². The standard InChI is InChI=1S/C26H27N3O2/c1-16-8-11-23(31-5)21(13-16)27-24(30)15-22-25(20-10-9-17(2)19(4)14-20)28-26-18(3)7-6-12-29(22)26/h6-14H,15H2,1-5H3,(H,27,30). The molecule has 5 nitrogen and oxygen atoms in total. The molecule has 0 fully saturated rings. The molecule has 0 radical (unpaired) electrons. The van der Waals surface area contributed by atoms with Crippen LogP contribution < -0.4 is 10.1 Å². The fourth-order valence-electron chi connectivity index (χ4n) is 3.81. The smallest absolute Gasteiger partial charge is 0.230 e. The lowest BCUT2D eigenvalue weighted by atomic mass is 10.0. The predicted octanol–water partition coefficient (Wildman–Crippen LogP) is 5.42. The van der Waals surface area contributed by atoms with Crippen molar-refractivity contribution in [2.24, 2.45) is 0 Å². The maximum absolute atomic E-state index is 13.1. The summed E-state index contributed by atoms with van der Waals surface area (Å²) in [6, 6.07) is 16.1. The fraction of sp³-hybridized carbons (Fsp3) is 0.231. The molecule has 0 aliphatic heterocycles. The van der Waals surface area contributed by atoms with E-state index in [0.29, 0.717) is 11.4 Å². The molecule has 0 spiro atoms. The number of imidazole rings is 1. The largest absolute Gasteiger partial charge is 0.495 e. The van der Waals surface area contributed by atoms with Crippen LogP contribution in [0.3, 0.4) is 0 Å². The van der Waals surface area contributed by atoms with E-state index >= 15 is 0 Å². The van der Waals surface area contributed by atoms with E-state index in [1.807, 2.05) is 54.8 Å². The summed E-state index contributed by atoms with van der Waals surface area (Å²) in [6.07, 6.45) is 2.17. The summed E-state index contributed by atoms with van der Waals surface area (Å²) in [5, 5.41) is 3.01. The van der Waals surface area contributed by atoms with Crippen molar-refractivity contribution in [1.82, 2.24) is 9.38 Å². The van der Waals surface area contributed by atoms with Crippen molar-refractivity contribution < 1.29 is 9.53 Å². The molecule has 0 bridgehead atoms. The molecule has 4 rings (SSSR count). The summed E-state index contributed by atoms with van der Waals surface area (Å²) < 4.78 is 7.43. The number of hydrogen-bond acceptors (Lipinski definition) is 3. The summed E-state index contributed by atoms with van der Waals surface area (Å²) in [5.41, 5.74) is 8.81. The molecule has 5 heteroatoms. The van der Waals surface area contributed by atoms with Crippen LogP contribution in [-0.2, 0) is 11.2 Å². The number of nitrogens with zero attached hydrogens (tertiary/aromatic N) is 2. The summed E-state index contributed by atoms with van der Waals surface area (Å²) in [7, 11) is 1.60. The van der Waals surface area contributed by atoms with Crippen molar-refractivity contribution in [2.45, 2.75) is 34.1 Å². The van der Waals surface area contributed by atoms with Gasteiger partial charge in [0.15, 0.2) is 0 Å². The monoisotopic (exact) mass is 413 g/mol. The number of pyridine rings is 1. The minimum absolute atomic E-state index is 0.114. The summed E-state index contributed by atoms with van der Waals surface area (Å²) >= 11 is 0. The number of hydrogen-bond donors (Lipinski definition) is 1. The lowest BCUT2D eigenvalue weighted by Crippen LogP contribution is -2.16. The third-order valence-corrected chi connectivity index (χ3v) is 5.68. The summed E-state index contributed by atoms with van der Waals surface area (Å²) in [4.78, 5) is 18.0. The number of carbonyl (C=O) groups excluding carboxylic acids is 1. The van der Waals surface area contributed by atoms with Crippen LogP contribution in [0.5, 0.6) is 5.75 Å². The first-order valence-electron chi connectivity index (χ1n) is 10.4. The molecule has 0 aliphatic rings. The number of nitrogens with one attached hydrogen (secondary N) is 1. The topological polar surface area (TPSA) is 55.6 Å². The predicted molar refractivity (Wildman–Crippen MR) is 125 cm³/mol. The van der Waals surface area contributed by atoms with Gasteiger partial charge in [-0.1, -0.05) is 24.3 Å². The van der Waals surface area contributed by atoms with E-state index in [-0.39, 0.29) is 12.3 Å². The maximum atomic E-state index is 13.1. The first-order valence-corrected chi connectivity index (χ1v) is 10.4. The van der Waals surface area contributed by atoms with E-state index in [1.54, 1.807) is 7.11 Å². The van der Waals surface area contributed by atoms with Gasteiger partial charge in [-0.2, -0.15) is 0 Å². The Morgan fingerprint density at radius 3 is 2.55 bits per heavy atom. The molecule has 0 saturated carbocycles. The number of ether oxygens (including phenoxy) is 1. The second kappa shape index (κ2) is 8.26. The van der Waals surface area contributed by atoms with Gasteiger partial charge in [-0.25, -0.2) is 4.98 Å². The van der Waals surface area contributed by atoms with Crippen molar-refractivity contribution in [3.63, 3.8) is 0 Å². The number of carbonyl (C=O) groups is 1. The third-order valence-electron chi connectivity index (χ3n) is 5.68. The van der Waals surface area contributed by atoms with Gasteiger partial charge in [0.2, 0.25) is 5.91 Å². The van der Waals surface area contributed by atoms with Crippen LogP contribution in [0.1, 0.15) is 27.9 Å². The normalized spacial score (nSPS) is 11.0. The highest BCUT2D eigenvalue weighted by Gasteiger charge is 2.19. The van der Waals surface area contributed by atoms with Crippen molar-refractivity contribution in [2.75, 3.05) is 12.4 Å². The molecule has 2 aromatic heterocycles. The van der Waals surface area contributed by atoms with Gasteiger partial charge in [0.25, 0.3) is 0 Å². The summed E-state index contributed by atoms with van der Waals surface area (Å²) in [6.45, 7) is 8.21. The highest BCUT2D eigenvalue weighted by Crippen LogP contribution is 2.29. The van der Waals surface area contributed by atoms with E-state index < -0.39 is 0 Å². The number of amides is 1. The lowest BCUT2D eigenvalue weighted by molar-refractivity contribution is -0.115. The third kappa shape index (κ3) is 4.04. The Morgan fingerprint density at radius 1 is 1.00 bits per heavy atom. The molecule has 0 saturated heterocycles. The highest BCUT2D eigenvalue weighted by molar-refractivity contribution is 5.94. The second-order valence-electron chi connectivity index (χ2n) is 8.02. The van der Waals surface area contributed by atoms with Crippen LogP contribution in [0.25, 0.3) is 16.9 Å². The van der Waals surface area contributed by atoms with E-state index in [9.17, 15) is 4.79 Å². The average Bonchev–Trinajstić information content (AvgIpc) is 3.10. The number of methoxy groups -OCH3 is 1. The molecule has 1 N–H and O–H groups in total. The van der Waals surface area contributed by atoms with Crippen molar-refractivity contribution >= 4 is 17.2 Å². The zero-order valence-corrected chi connectivity index (χ0v) is 18.6. The molecule has 0 atom stereocenters. The van der Waals surface area contributed by atoms with E-state index in [1.165, 1.54) is 11.1 Å². The number of aryl methyl sites for hydroxylation is 4. The number of anilines is 1. The van der Waals surface area contributed by atoms with Crippen LogP contribution >= 0.6 is 0 Å². The SMILES string of the molecule is COc1ccc(C)cc1NC(=O)Cc1c(-c2ccc(C)c(C)c2)nc2c(C)cccn12. The number of benzene rings is 2. The molecule has 158 valence electrons. The molecule has 31 heavy (non-hydrogen) atoms. The van der Waals surface area contributed by atoms with Gasteiger partial charge in [-0.15, -0.1) is 0 Å². The zero-order chi connectivity index (χ0) is 22.1. The number of fused-ring (bicyclic) bond motifs is 1. The molecule has 2 aromatic carbocycles. The molecule has 0 aliphatic carbocycles. The Labute approximate surface area is 182 Å². The fourth-order valence-corrected chi connectivity index (χ4v) is 3.81. The van der Waals surface area contributed by atoms with Crippen LogP contribution in [-0.4, -0.2) is 22.4 Å². The average molecular weight is 414 g/mol. The van der Waals surface area contributed by atoms with Crippen LogP contribution in [0.15, 0.2) is 54.7 Å². The van der Waals surface area contributed by atoms with Gasteiger partial charge in [0, 0.05) is 11.8 Å². The van der Waals surface area contributed by atoms with Gasteiger partial charge in [-0.05, 0) is 74.2 Å². The first-order chi connectivity index (χ1) is 14.9. The van der Waals surface area contributed by atoms with Crippen molar-refractivity contribution in [3.8, 4) is 17.0 Å². The van der Waals surface area contributed by atoms with Crippen molar-refractivity contribution in [3.05, 3.63) is 82.7 Å². The molecular formula is C26H27N3O2. The van der Waals surface area contributed by atoms with E-state index in [0.717, 1.165) is 33.7 Å². The molecule has 2 heterocycles. The van der Waals surface area contributed by atoms with Gasteiger partial charge in [0.05, 0.1) is 30.6 Å². The quantitative estimate of drug-likeness (QED) is 0.475. The Kier molecular flexibility index (Phi) is 5.51. The van der Waals surface area contributed by atoms with Crippen LogP contribution in [0.4, 0.5) is 5.69 Å². The Balaban J connectivity index is 1.76. The minimum atomic E-state index is -0.114. The minimum Gasteiger partial charge on any atom is -0.495 e. The molecule has 4 aromatic rings. The number of aromatic nitrogens is 2. The highest BCUT2D eigenvalue weighted by atomic mass is 16.5. The first kappa shape index (κ1) is 20.7. The summed E-state index contributed by atoms with van der Waals surface area (Å²) in [5.74, 6) is 0.527. The maximum Gasteiger partial charge on any atom is 0.230 e. The van der Waals surface area contributed by atoms with Gasteiger partial charge >= 0.3 is 0 Å². The molecule has 0 unspecified atom stereocenters. The second-order valence-corrected chi connectivity index (χ2v) is 8.02. The Morgan fingerprint density at radius 2 is 1.81 bits per heavy atom. The molecular weight excluding hydrogens is 386 g/mol. The van der Waals surface area contributed by atoms with Crippen LogP contribution in [0.2, 0.25) is 0 Å². The van der Waals surface area contributed by atoms with E-state index in [4.69, 9.17) is 9.72 Å². The zero-order valence-electron chi connectivity index (χ0n) is 18.6. The van der Waals surface area contributed by atoms with E-state index in [2.05, 4.69) is 37.4 Å². The molecule has 1 amide bonds. The van der Waals surface area contributed by atoms with Gasteiger partial charge in [0.1, 0.15) is 11.4 Å². The van der Waals surface area contributed by atoms with Crippen molar-refractivity contribution in [1.29, 1.82) is 0 Å².